The molecule has 0 aliphatic carbocycles. The van der Waals surface area contributed by atoms with E-state index in [-0.39, 0.29) is 18.5 Å². The Labute approximate surface area is 411 Å². The van der Waals surface area contributed by atoms with E-state index in [0.717, 1.165) is 51.4 Å². The maximum atomic E-state index is 12.4. The molecule has 0 bridgehead atoms. The van der Waals surface area contributed by atoms with Crippen molar-refractivity contribution in [2.45, 2.75) is 321 Å². The van der Waals surface area contributed by atoms with Gasteiger partial charge >= 0.3 is 5.97 Å². The maximum Gasteiger partial charge on any atom is 0.305 e. The second kappa shape index (κ2) is 55.7. The predicted molar refractivity (Wildman–Crippen MR) is 287 cm³/mol. The first-order chi connectivity index (χ1) is 32.5. The van der Waals surface area contributed by atoms with E-state index in [1.54, 1.807) is 6.08 Å². The van der Waals surface area contributed by atoms with Crippen molar-refractivity contribution in [3.05, 3.63) is 36.5 Å². The van der Waals surface area contributed by atoms with Crippen LogP contribution in [-0.4, -0.2) is 47.4 Å². The molecule has 1 amide bonds. The summed E-state index contributed by atoms with van der Waals surface area (Å²) in [6, 6.07) is -0.632. The zero-order chi connectivity index (χ0) is 47.9. The van der Waals surface area contributed by atoms with E-state index in [0.29, 0.717) is 19.4 Å². The van der Waals surface area contributed by atoms with Crippen molar-refractivity contribution in [2.75, 3.05) is 13.2 Å². The minimum Gasteiger partial charge on any atom is -0.466 e. The van der Waals surface area contributed by atoms with E-state index in [1.165, 1.54) is 231 Å². The van der Waals surface area contributed by atoms with Gasteiger partial charge < -0.3 is 20.3 Å². The molecule has 0 aromatic rings. The number of aliphatic hydroxyl groups is 2. The van der Waals surface area contributed by atoms with Gasteiger partial charge in [-0.05, 0) is 83.5 Å². The Hall–Kier alpha value is -1.92. The molecule has 3 N–H and O–H groups in total. The Balaban J connectivity index is 3.44. The van der Waals surface area contributed by atoms with E-state index in [1.807, 2.05) is 6.08 Å². The maximum absolute atomic E-state index is 12.4. The molecular formula is C60H113NO5. The lowest BCUT2D eigenvalue weighted by molar-refractivity contribution is -0.143. The fraction of sp³-hybridized carbons (Fsp3) is 0.867. The number of carbonyl (C=O) groups is 2. The van der Waals surface area contributed by atoms with Crippen molar-refractivity contribution in [1.82, 2.24) is 5.32 Å². The molecule has 0 aliphatic heterocycles. The first-order valence-corrected chi connectivity index (χ1v) is 29.3. The quantitative estimate of drug-likeness (QED) is 0.0321. The lowest BCUT2D eigenvalue weighted by Gasteiger charge is -2.20. The Bertz CT molecular complexity index is 1070. The van der Waals surface area contributed by atoms with E-state index >= 15 is 0 Å². The van der Waals surface area contributed by atoms with Gasteiger partial charge in [0, 0.05) is 12.8 Å². The first-order valence-electron chi connectivity index (χ1n) is 29.3. The van der Waals surface area contributed by atoms with Gasteiger partial charge in [0.15, 0.2) is 0 Å². The minimum atomic E-state index is -0.848. The predicted octanol–water partition coefficient (Wildman–Crippen LogP) is 18.0. The van der Waals surface area contributed by atoms with Crippen LogP contribution in [-0.2, 0) is 14.3 Å². The number of esters is 1. The molecule has 0 fully saturated rings. The van der Waals surface area contributed by atoms with Gasteiger partial charge in [-0.2, -0.15) is 0 Å². The molecule has 66 heavy (non-hydrogen) atoms. The summed E-state index contributed by atoms with van der Waals surface area (Å²) in [6.07, 6.45) is 68.8. The number of amides is 1. The van der Waals surface area contributed by atoms with E-state index < -0.39 is 12.1 Å². The molecule has 388 valence electrons. The van der Waals surface area contributed by atoms with Crippen LogP contribution in [0.15, 0.2) is 36.5 Å². The van der Waals surface area contributed by atoms with E-state index in [9.17, 15) is 19.8 Å². The summed E-state index contributed by atoms with van der Waals surface area (Å²) in [7, 11) is 0. The fourth-order valence-electron chi connectivity index (χ4n) is 8.86. The average molecular weight is 929 g/mol. The van der Waals surface area contributed by atoms with Crippen LogP contribution in [0, 0.1) is 0 Å². The van der Waals surface area contributed by atoms with Crippen LogP contribution < -0.4 is 5.32 Å². The number of hydrogen-bond donors (Lipinski definition) is 3. The summed E-state index contributed by atoms with van der Waals surface area (Å²) in [4.78, 5) is 24.5. The topological polar surface area (TPSA) is 95.9 Å². The van der Waals surface area contributed by atoms with Gasteiger partial charge in [0.2, 0.25) is 5.91 Å². The van der Waals surface area contributed by atoms with Crippen LogP contribution >= 0.6 is 0 Å². The third-order valence-corrected chi connectivity index (χ3v) is 13.4. The number of rotatable bonds is 54. The zero-order valence-electron chi connectivity index (χ0n) is 44.2. The summed E-state index contributed by atoms with van der Waals surface area (Å²) >= 11 is 0. The lowest BCUT2D eigenvalue weighted by Crippen LogP contribution is -2.45. The van der Waals surface area contributed by atoms with Crippen LogP contribution in [0.3, 0.4) is 0 Å². The van der Waals surface area contributed by atoms with Crippen LogP contribution in [0.4, 0.5) is 0 Å². The smallest absolute Gasteiger partial charge is 0.305 e. The van der Waals surface area contributed by atoms with Gasteiger partial charge in [0.25, 0.3) is 0 Å². The highest BCUT2D eigenvalue weighted by molar-refractivity contribution is 5.76. The largest absolute Gasteiger partial charge is 0.466 e. The summed E-state index contributed by atoms with van der Waals surface area (Å²) in [6.45, 7) is 4.88. The van der Waals surface area contributed by atoms with Crippen molar-refractivity contribution < 1.29 is 24.5 Å². The third kappa shape index (κ3) is 51.5. The highest BCUT2D eigenvalue weighted by Gasteiger charge is 2.18. The molecule has 2 unspecified atom stereocenters. The molecule has 0 rings (SSSR count). The number of allylic oxidation sites excluding steroid dienone is 5. The van der Waals surface area contributed by atoms with Gasteiger partial charge in [-0.1, -0.05) is 249 Å². The highest BCUT2D eigenvalue weighted by atomic mass is 16.5. The van der Waals surface area contributed by atoms with Gasteiger partial charge in [-0.25, -0.2) is 0 Å². The third-order valence-electron chi connectivity index (χ3n) is 13.4. The number of unbranched alkanes of at least 4 members (excludes halogenated alkanes) is 39. The summed E-state index contributed by atoms with van der Waals surface area (Å²) < 4.78 is 5.47. The molecule has 0 aromatic heterocycles. The molecule has 0 heterocycles. The first kappa shape index (κ1) is 64.1. The van der Waals surface area contributed by atoms with E-state index in [4.69, 9.17) is 4.74 Å². The van der Waals surface area contributed by atoms with Crippen LogP contribution in [0.1, 0.15) is 309 Å². The normalized spacial score (nSPS) is 12.8. The van der Waals surface area contributed by atoms with Crippen LogP contribution in [0.25, 0.3) is 0 Å². The molecule has 0 aliphatic rings. The Kier molecular flexibility index (Phi) is 54.1. The molecule has 0 aromatic carbocycles. The van der Waals surface area contributed by atoms with Crippen molar-refractivity contribution >= 4 is 11.9 Å². The number of carbonyl (C=O) groups excluding carboxylic acids is 2. The molecule has 6 heteroatoms. The Morgan fingerprint density at radius 3 is 1.09 bits per heavy atom. The molecular weight excluding hydrogens is 815 g/mol. The number of aliphatic hydroxyl groups excluding tert-OH is 2. The lowest BCUT2D eigenvalue weighted by atomic mass is 10.0. The van der Waals surface area contributed by atoms with Gasteiger partial charge in [-0.3, -0.25) is 9.59 Å². The summed E-state index contributed by atoms with van der Waals surface area (Å²) in [5, 5.41) is 23.1. The van der Waals surface area contributed by atoms with Crippen molar-refractivity contribution in [3.8, 4) is 0 Å². The Morgan fingerprint density at radius 1 is 0.409 bits per heavy atom. The van der Waals surface area contributed by atoms with Crippen molar-refractivity contribution in [2.24, 2.45) is 0 Å². The fourth-order valence-corrected chi connectivity index (χ4v) is 8.86. The van der Waals surface area contributed by atoms with E-state index in [2.05, 4.69) is 43.5 Å². The number of nitrogens with one attached hydrogen (secondary N) is 1. The number of hydrogen-bond acceptors (Lipinski definition) is 5. The van der Waals surface area contributed by atoms with Gasteiger partial charge in [0.1, 0.15) is 0 Å². The minimum absolute atomic E-state index is 0.000181. The second-order valence-corrected chi connectivity index (χ2v) is 20.0. The molecule has 0 spiro atoms. The van der Waals surface area contributed by atoms with Crippen LogP contribution in [0.5, 0.6) is 0 Å². The standard InChI is InChI=1S/C60H113NO5/c1-3-5-7-9-11-13-15-17-29-32-36-40-44-48-52-58(63)57(56-62)61-59(64)53-49-45-41-37-33-30-26-24-22-20-18-19-21-23-25-27-31-35-39-43-47-51-55-66-60(65)54-50-46-42-38-34-28-16-14-12-10-8-6-4-2/h14,16,20,22,48,52,57-58,62-63H,3-13,15,17-19,21,23-47,49-51,53-56H2,1-2H3,(H,61,64)/b16-14-,22-20-,52-48+. The van der Waals surface area contributed by atoms with Crippen LogP contribution in [0.2, 0.25) is 0 Å². The molecule has 6 nitrogen and oxygen atoms in total. The monoisotopic (exact) mass is 928 g/mol. The van der Waals surface area contributed by atoms with Gasteiger partial charge in [-0.15, -0.1) is 0 Å². The van der Waals surface area contributed by atoms with Crippen molar-refractivity contribution in [3.63, 3.8) is 0 Å². The van der Waals surface area contributed by atoms with Gasteiger partial charge in [0.05, 0.1) is 25.4 Å². The molecule has 0 radical (unpaired) electrons. The Morgan fingerprint density at radius 2 is 0.712 bits per heavy atom. The van der Waals surface area contributed by atoms with Crippen molar-refractivity contribution in [1.29, 1.82) is 0 Å². The summed E-state index contributed by atoms with van der Waals surface area (Å²) in [5.74, 6) is -0.0750. The average Bonchev–Trinajstić information content (AvgIpc) is 3.32. The number of ether oxygens (including phenoxy) is 1. The second-order valence-electron chi connectivity index (χ2n) is 20.0. The molecule has 0 saturated heterocycles. The SMILES string of the molecule is CCCCCC/C=C\CCCCCCCC(=O)OCCCCCCCCCCCCC/C=C\CCCCCCCCCC(=O)NC(CO)C(O)/C=C/CCCCCCCCCCCCCC. The molecule has 0 saturated carbocycles. The highest BCUT2D eigenvalue weighted by Crippen LogP contribution is 2.16. The summed E-state index contributed by atoms with van der Waals surface area (Å²) in [5.41, 5.74) is 0. The zero-order valence-corrected chi connectivity index (χ0v) is 44.2. The molecule has 2 atom stereocenters.